The lowest BCUT2D eigenvalue weighted by molar-refractivity contribution is 0.0674. The van der Waals surface area contributed by atoms with E-state index in [1.807, 2.05) is 6.07 Å². The van der Waals surface area contributed by atoms with Gasteiger partial charge in [-0.15, -0.1) is 11.6 Å². The van der Waals surface area contributed by atoms with Gasteiger partial charge in [0.05, 0.1) is 16.1 Å². The zero-order chi connectivity index (χ0) is 17.3. The molecule has 1 amide bonds. The summed E-state index contributed by atoms with van der Waals surface area (Å²) in [5, 5.41) is 0.918. The van der Waals surface area contributed by atoms with E-state index in [0.717, 1.165) is 18.4 Å². The van der Waals surface area contributed by atoms with E-state index in [9.17, 15) is 9.59 Å². The molecule has 1 saturated heterocycles. The number of pyridine rings is 1. The molecule has 0 saturated carbocycles. The fourth-order valence-corrected chi connectivity index (χ4v) is 3.71. The third-order valence-corrected chi connectivity index (χ3v) is 5.34. The highest BCUT2D eigenvalue weighted by Crippen LogP contribution is 2.39. The summed E-state index contributed by atoms with van der Waals surface area (Å²) in [5.41, 5.74) is 0.849. The predicted octanol–water partition coefficient (Wildman–Crippen LogP) is 4.27. The molecule has 1 fully saturated rings. The molecule has 2 atom stereocenters. The minimum Gasteiger partial charge on any atom is -0.326 e. The van der Waals surface area contributed by atoms with Crippen molar-refractivity contribution in [3.63, 3.8) is 0 Å². The third-order valence-electron chi connectivity index (χ3n) is 4.24. The largest absolute Gasteiger partial charge is 0.326 e. The van der Waals surface area contributed by atoms with E-state index < -0.39 is 0 Å². The number of halogens is 3. The molecule has 126 valence electrons. The Kier molecular flexibility index (Phi) is 5.18. The molecule has 3 rings (SSSR count). The maximum Gasteiger partial charge on any atom is 0.271 e. The number of aromatic amines is 1. The molecule has 2 heterocycles. The Morgan fingerprint density at radius 3 is 2.62 bits per heavy atom. The Morgan fingerprint density at radius 2 is 1.96 bits per heavy atom. The van der Waals surface area contributed by atoms with Crippen LogP contribution < -0.4 is 5.56 Å². The van der Waals surface area contributed by atoms with Crippen LogP contribution in [0.25, 0.3) is 0 Å². The van der Waals surface area contributed by atoms with Gasteiger partial charge < -0.3 is 9.88 Å². The van der Waals surface area contributed by atoms with Crippen LogP contribution in [0.5, 0.6) is 0 Å². The monoisotopic (exact) mass is 384 g/mol. The zero-order valence-corrected chi connectivity index (χ0v) is 14.9. The molecular formula is C17H15Cl3N2O2. The molecule has 24 heavy (non-hydrogen) atoms. The van der Waals surface area contributed by atoms with Crippen molar-refractivity contribution < 1.29 is 4.79 Å². The van der Waals surface area contributed by atoms with Crippen molar-refractivity contribution in [2.24, 2.45) is 0 Å². The number of likely N-dealkylation sites (tertiary alicyclic amines) is 1. The first kappa shape index (κ1) is 17.3. The number of hydrogen-bond acceptors (Lipinski definition) is 2. The summed E-state index contributed by atoms with van der Waals surface area (Å²) in [6.45, 7) is 0. The standard InChI is InChI=1S/C17H15Cl3N2O2/c18-9-11-5-7-15(10-4-6-12(19)13(20)8-10)22(11)17(24)14-2-1-3-16(23)21-14/h1-4,6,8,11,15H,5,7,9H2,(H,21,23). The van der Waals surface area contributed by atoms with E-state index in [4.69, 9.17) is 34.8 Å². The summed E-state index contributed by atoms with van der Waals surface area (Å²) in [6.07, 6.45) is 1.56. The summed E-state index contributed by atoms with van der Waals surface area (Å²) >= 11 is 18.2. The van der Waals surface area contributed by atoms with Crippen molar-refractivity contribution in [1.82, 2.24) is 9.88 Å². The average molecular weight is 386 g/mol. The molecular weight excluding hydrogens is 371 g/mol. The summed E-state index contributed by atoms with van der Waals surface area (Å²) in [5.74, 6) is 0.0904. The van der Waals surface area contributed by atoms with Crippen LogP contribution >= 0.6 is 34.8 Å². The van der Waals surface area contributed by atoms with Crippen molar-refractivity contribution in [3.8, 4) is 0 Å². The summed E-state index contributed by atoms with van der Waals surface area (Å²) in [4.78, 5) is 28.8. The average Bonchev–Trinajstić information content (AvgIpc) is 3.00. The Bertz CT molecular complexity index is 821. The number of benzene rings is 1. The number of H-pyrrole nitrogens is 1. The molecule has 0 aliphatic carbocycles. The maximum absolute atomic E-state index is 12.9. The predicted molar refractivity (Wildman–Crippen MR) is 96.2 cm³/mol. The van der Waals surface area contributed by atoms with E-state index in [2.05, 4.69) is 4.98 Å². The van der Waals surface area contributed by atoms with Crippen molar-refractivity contribution in [3.05, 3.63) is 68.1 Å². The first-order valence-corrected chi connectivity index (χ1v) is 8.83. The van der Waals surface area contributed by atoms with Crippen LogP contribution in [-0.2, 0) is 0 Å². The zero-order valence-electron chi connectivity index (χ0n) is 12.6. The van der Waals surface area contributed by atoms with Gasteiger partial charge >= 0.3 is 0 Å². The molecule has 1 aliphatic heterocycles. The van der Waals surface area contributed by atoms with Crippen LogP contribution in [0.15, 0.2) is 41.2 Å². The molecule has 1 aliphatic rings. The summed E-state index contributed by atoms with van der Waals surface area (Å²) in [6, 6.07) is 9.65. The Hall–Kier alpha value is -1.49. The van der Waals surface area contributed by atoms with Gasteiger partial charge in [-0.3, -0.25) is 9.59 Å². The topological polar surface area (TPSA) is 53.2 Å². The van der Waals surface area contributed by atoms with Crippen molar-refractivity contribution in [1.29, 1.82) is 0 Å². The molecule has 4 nitrogen and oxygen atoms in total. The fourth-order valence-electron chi connectivity index (χ4n) is 3.10. The number of amides is 1. The van der Waals surface area contributed by atoms with Crippen molar-refractivity contribution >= 4 is 40.7 Å². The molecule has 0 bridgehead atoms. The van der Waals surface area contributed by atoms with E-state index in [1.54, 1.807) is 29.2 Å². The van der Waals surface area contributed by atoms with Gasteiger partial charge in [-0.25, -0.2) is 0 Å². The van der Waals surface area contributed by atoms with Crippen LogP contribution in [0.2, 0.25) is 10.0 Å². The lowest BCUT2D eigenvalue weighted by Gasteiger charge is -2.30. The first-order chi connectivity index (χ1) is 11.5. The number of hydrogen-bond donors (Lipinski definition) is 1. The van der Waals surface area contributed by atoms with Gasteiger partial charge in [0.1, 0.15) is 5.69 Å². The quantitative estimate of drug-likeness (QED) is 0.802. The first-order valence-electron chi connectivity index (χ1n) is 7.54. The highest BCUT2D eigenvalue weighted by atomic mass is 35.5. The molecule has 1 aromatic heterocycles. The lowest BCUT2D eigenvalue weighted by atomic mass is 10.0. The Morgan fingerprint density at radius 1 is 1.17 bits per heavy atom. The minimum absolute atomic E-state index is 0.0951. The van der Waals surface area contributed by atoms with Gasteiger partial charge in [0.25, 0.3) is 5.91 Å². The van der Waals surface area contributed by atoms with Gasteiger partial charge in [-0.2, -0.15) is 0 Å². The molecule has 1 aromatic carbocycles. The SMILES string of the molecule is O=C(c1cccc(=O)[nH]1)N1C(CCl)CCC1c1ccc(Cl)c(Cl)c1. The highest BCUT2D eigenvalue weighted by molar-refractivity contribution is 6.42. The van der Waals surface area contributed by atoms with Gasteiger partial charge in [-0.1, -0.05) is 35.3 Å². The number of carbonyl (C=O) groups is 1. The number of nitrogens with one attached hydrogen (secondary N) is 1. The molecule has 2 aromatic rings. The normalized spacial score (nSPS) is 20.4. The van der Waals surface area contributed by atoms with Crippen LogP contribution in [0, 0.1) is 0 Å². The number of alkyl halides is 1. The number of aromatic nitrogens is 1. The van der Waals surface area contributed by atoms with Crippen molar-refractivity contribution in [2.75, 3.05) is 5.88 Å². The second kappa shape index (κ2) is 7.18. The van der Waals surface area contributed by atoms with Gasteiger partial charge in [0, 0.05) is 18.0 Å². The van der Waals surface area contributed by atoms with E-state index in [-0.39, 0.29) is 29.2 Å². The second-order valence-electron chi connectivity index (χ2n) is 5.72. The van der Waals surface area contributed by atoms with Crippen LogP contribution in [0.4, 0.5) is 0 Å². The van der Waals surface area contributed by atoms with Gasteiger partial charge in [-0.05, 0) is 36.6 Å². The Balaban J connectivity index is 1.98. The Labute approximate surface area is 154 Å². The number of rotatable bonds is 3. The molecule has 0 spiro atoms. The van der Waals surface area contributed by atoms with Crippen LogP contribution in [0.3, 0.4) is 0 Å². The lowest BCUT2D eigenvalue weighted by Crippen LogP contribution is -2.39. The van der Waals surface area contributed by atoms with E-state index in [1.165, 1.54) is 6.07 Å². The molecule has 1 N–H and O–H groups in total. The van der Waals surface area contributed by atoms with E-state index >= 15 is 0 Å². The molecule has 0 radical (unpaired) electrons. The smallest absolute Gasteiger partial charge is 0.271 e. The van der Waals surface area contributed by atoms with Crippen LogP contribution in [-0.4, -0.2) is 27.7 Å². The highest BCUT2D eigenvalue weighted by Gasteiger charge is 2.38. The van der Waals surface area contributed by atoms with Crippen LogP contribution in [0.1, 0.15) is 34.9 Å². The number of nitrogens with zero attached hydrogens (tertiary/aromatic N) is 1. The van der Waals surface area contributed by atoms with Gasteiger partial charge in [0.2, 0.25) is 5.56 Å². The fraction of sp³-hybridized carbons (Fsp3) is 0.294. The van der Waals surface area contributed by atoms with Crippen molar-refractivity contribution in [2.45, 2.75) is 24.9 Å². The summed E-state index contributed by atoms with van der Waals surface area (Å²) < 4.78 is 0. The minimum atomic E-state index is -0.312. The second-order valence-corrected chi connectivity index (χ2v) is 6.84. The third kappa shape index (κ3) is 3.32. The number of carbonyl (C=O) groups excluding carboxylic acids is 1. The summed E-state index contributed by atoms with van der Waals surface area (Å²) in [7, 11) is 0. The van der Waals surface area contributed by atoms with E-state index in [0.29, 0.717) is 15.9 Å². The molecule has 2 unspecified atom stereocenters. The molecule has 7 heteroatoms. The maximum atomic E-state index is 12.9. The van der Waals surface area contributed by atoms with Gasteiger partial charge in [0.15, 0.2) is 0 Å².